The molecule has 0 fully saturated rings. The molecule has 0 saturated heterocycles. The molecule has 0 radical (unpaired) electrons. The topological polar surface area (TPSA) is 95.2 Å². The van der Waals surface area contributed by atoms with Gasteiger partial charge in [-0.2, -0.15) is 0 Å². The van der Waals surface area contributed by atoms with Crippen molar-refractivity contribution >= 4 is 33.7 Å². The summed E-state index contributed by atoms with van der Waals surface area (Å²) in [5.41, 5.74) is 9.51. The van der Waals surface area contributed by atoms with Gasteiger partial charge in [0, 0.05) is 28.1 Å². The lowest BCUT2D eigenvalue weighted by Gasteiger charge is -2.15. The molecule has 0 bridgehead atoms. The number of rotatable bonds is 8. The van der Waals surface area contributed by atoms with Crippen LogP contribution in [0.1, 0.15) is 24.7 Å². The number of aromatic nitrogens is 3. The van der Waals surface area contributed by atoms with Gasteiger partial charge in [-0.25, -0.2) is 15.0 Å². The Bertz CT molecular complexity index is 1210. The maximum atomic E-state index is 5.86. The van der Waals surface area contributed by atoms with E-state index in [1.807, 2.05) is 51.1 Å². The number of nitrogens with zero attached hydrogens (tertiary/aromatic N) is 3. The number of hydrogen-bond donors (Lipinski definition) is 2. The molecular formula is C23H25N5O2S. The summed E-state index contributed by atoms with van der Waals surface area (Å²) in [4.78, 5) is 13.8. The van der Waals surface area contributed by atoms with E-state index in [2.05, 4.69) is 31.7 Å². The molecule has 2 aromatic carbocycles. The van der Waals surface area contributed by atoms with E-state index in [1.165, 1.54) is 0 Å². The summed E-state index contributed by atoms with van der Waals surface area (Å²) in [6.07, 6.45) is 0. The van der Waals surface area contributed by atoms with Gasteiger partial charge in [0.05, 0.1) is 36.0 Å². The van der Waals surface area contributed by atoms with Gasteiger partial charge in [0.1, 0.15) is 11.6 Å². The second-order valence-electron chi connectivity index (χ2n) is 6.83. The minimum atomic E-state index is 0.236. The van der Waals surface area contributed by atoms with E-state index in [-0.39, 0.29) is 6.54 Å². The molecule has 3 N–H and O–H groups in total. The van der Waals surface area contributed by atoms with Gasteiger partial charge < -0.3 is 20.5 Å². The van der Waals surface area contributed by atoms with Gasteiger partial charge in [0.25, 0.3) is 0 Å². The van der Waals surface area contributed by atoms with E-state index in [0.29, 0.717) is 36.4 Å². The van der Waals surface area contributed by atoms with Crippen molar-refractivity contribution in [3.63, 3.8) is 0 Å². The van der Waals surface area contributed by atoms with Crippen LogP contribution in [0.3, 0.4) is 0 Å². The van der Waals surface area contributed by atoms with Crippen LogP contribution in [-0.2, 0) is 6.54 Å². The largest absolute Gasteiger partial charge is 0.490 e. The van der Waals surface area contributed by atoms with Crippen molar-refractivity contribution in [2.75, 3.05) is 18.5 Å². The first-order valence-corrected chi connectivity index (χ1v) is 11.1. The Morgan fingerprint density at radius 1 is 1.00 bits per heavy atom. The molecule has 7 nitrogen and oxygen atoms in total. The summed E-state index contributed by atoms with van der Waals surface area (Å²) in [5, 5.41) is 7.36. The van der Waals surface area contributed by atoms with Gasteiger partial charge in [0.2, 0.25) is 0 Å². The highest BCUT2D eigenvalue weighted by Crippen LogP contribution is 2.36. The van der Waals surface area contributed by atoms with Gasteiger partial charge in [-0.1, -0.05) is 12.1 Å². The van der Waals surface area contributed by atoms with Crippen LogP contribution in [0.15, 0.2) is 41.8 Å². The third-order valence-corrected chi connectivity index (χ3v) is 5.40. The minimum absolute atomic E-state index is 0.236. The first-order valence-electron chi connectivity index (χ1n) is 10.2. The van der Waals surface area contributed by atoms with Crippen LogP contribution in [-0.4, -0.2) is 28.2 Å². The molecule has 0 aliphatic rings. The Labute approximate surface area is 185 Å². The van der Waals surface area contributed by atoms with Gasteiger partial charge in [0.15, 0.2) is 11.5 Å². The van der Waals surface area contributed by atoms with Crippen LogP contribution < -0.4 is 20.5 Å². The third kappa shape index (κ3) is 4.60. The van der Waals surface area contributed by atoms with E-state index in [4.69, 9.17) is 15.2 Å². The number of anilines is 2. The molecule has 0 aliphatic heterocycles. The molecule has 0 spiro atoms. The van der Waals surface area contributed by atoms with Crippen LogP contribution in [0.4, 0.5) is 11.5 Å². The second-order valence-corrected chi connectivity index (χ2v) is 7.89. The van der Waals surface area contributed by atoms with E-state index < -0.39 is 0 Å². The Morgan fingerprint density at radius 2 is 1.77 bits per heavy atom. The molecule has 0 aliphatic carbocycles. The van der Waals surface area contributed by atoms with E-state index in [1.54, 1.807) is 11.3 Å². The summed E-state index contributed by atoms with van der Waals surface area (Å²) < 4.78 is 11.6. The molecule has 0 atom stereocenters. The first kappa shape index (κ1) is 21.0. The highest BCUT2D eigenvalue weighted by Gasteiger charge is 2.14. The Hall–Kier alpha value is -3.23. The fourth-order valence-electron chi connectivity index (χ4n) is 3.30. The Morgan fingerprint density at radius 3 is 2.45 bits per heavy atom. The van der Waals surface area contributed by atoms with E-state index in [0.717, 1.165) is 32.9 Å². The van der Waals surface area contributed by atoms with Crippen molar-refractivity contribution in [1.82, 2.24) is 15.0 Å². The fraction of sp³-hybridized carbons (Fsp3) is 0.261. The van der Waals surface area contributed by atoms with Gasteiger partial charge >= 0.3 is 0 Å². The summed E-state index contributed by atoms with van der Waals surface area (Å²) in [7, 11) is 0. The molecule has 4 rings (SSSR count). The number of ether oxygens (including phenoxy) is 2. The summed E-state index contributed by atoms with van der Waals surface area (Å²) in [5.74, 6) is 2.54. The van der Waals surface area contributed by atoms with Crippen molar-refractivity contribution in [1.29, 1.82) is 0 Å². The molecule has 160 valence electrons. The normalized spacial score (nSPS) is 11.0. The van der Waals surface area contributed by atoms with Crippen molar-refractivity contribution in [2.45, 2.75) is 27.3 Å². The number of hydrogen-bond acceptors (Lipinski definition) is 8. The van der Waals surface area contributed by atoms with Crippen LogP contribution >= 0.6 is 11.3 Å². The zero-order chi connectivity index (χ0) is 21.8. The average molecular weight is 436 g/mol. The zero-order valence-corrected chi connectivity index (χ0v) is 18.6. The highest BCUT2D eigenvalue weighted by molar-refractivity contribution is 7.09. The molecule has 31 heavy (non-hydrogen) atoms. The predicted molar refractivity (Wildman–Crippen MR) is 125 cm³/mol. The molecule has 0 saturated carbocycles. The van der Waals surface area contributed by atoms with Crippen molar-refractivity contribution in [3.8, 4) is 22.8 Å². The van der Waals surface area contributed by atoms with Crippen molar-refractivity contribution in [3.05, 3.63) is 52.6 Å². The van der Waals surface area contributed by atoms with Gasteiger partial charge in [-0.3, -0.25) is 0 Å². The molecule has 0 amide bonds. The van der Waals surface area contributed by atoms with E-state index >= 15 is 0 Å². The zero-order valence-electron chi connectivity index (χ0n) is 17.8. The highest BCUT2D eigenvalue weighted by atomic mass is 32.1. The minimum Gasteiger partial charge on any atom is -0.490 e. The Balaban J connectivity index is 1.78. The van der Waals surface area contributed by atoms with E-state index in [9.17, 15) is 0 Å². The predicted octanol–water partition coefficient (Wildman–Crippen LogP) is 5.06. The second kappa shape index (κ2) is 9.28. The molecule has 4 aromatic rings. The Kier molecular flexibility index (Phi) is 6.29. The summed E-state index contributed by atoms with van der Waals surface area (Å²) >= 11 is 1.64. The maximum absolute atomic E-state index is 5.86. The number of thiazole rings is 1. The lowest BCUT2D eigenvalue weighted by Crippen LogP contribution is -2.07. The van der Waals surface area contributed by atoms with Crippen LogP contribution in [0.5, 0.6) is 11.5 Å². The van der Waals surface area contributed by atoms with Crippen molar-refractivity contribution in [2.24, 2.45) is 5.73 Å². The molecule has 2 aromatic heterocycles. The fourth-order valence-corrected chi connectivity index (χ4v) is 3.92. The van der Waals surface area contributed by atoms with Crippen molar-refractivity contribution < 1.29 is 9.47 Å². The van der Waals surface area contributed by atoms with Crippen LogP contribution in [0, 0.1) is 6.92 Å². The quantitative estimate of drug-likeness (QED) is 0.399. The number of benzene rings is 2. The number of aryl methyl sites for hydroxylation is 1. The number of fused-ring (bicyclic) bond motifs is 1. The summed E-state index contributed by atoms with van der Waals surface area (Å²) in [6.45, 7) is 7.19. The average Bonchev–Trinajstić information content (AvgIpc) is 3.21. The molecule has 8 heteroatoms. The molecule has 0 unspecified atom stereocenters. The number of nitrogens with two attached hydrogens (primary N) is 1. The smallest absolute Gasteiger partial charge is 0.163 e. The first-order chi connectivity index (χ1) is 15.1. The molecular weight excluding hydrogens is 410 g/mol. The maximum Gasteiger partial charge on any atom is 0.163 e. The van der Waals surface area contributed by atoms with Crippen LogP contribution in [0.25, 0.3) is 22.2 Å². The monoisotopic (exact) mass is 435 g/mol. The number of nitrogens with one attached hydrogen (secondary N) is 1. The molecule has 2 heterocycles. The summed E-state index contributed by atoms with van der Waals surface area (Å²) in [6, 6.07) is 11.9. The third-order valence-electron chi connectivity index (χ3n) is 4.63. The van der Waals surface area contributed by atoms with Gasteiger partial charge in [-0.05, 0) is 39.0 Å². The van der Waals surface area contributed by atoms with Gasteiger partial charge in [-0.15, -0.1) is 11.3 Å². The standard InChI is InChI=1S/C23H25N5O2S/c1-4-29-20-10-17-18(11-21(20)30-5-2)27-22(12-24)28-23(17)26-16-8-6-7-15(9-16)19-13-31-14(3)25-19/h6-11,13H,4-5,12,24H2,1-3H3,(H,26,27,28). The lowest BCUT2D eigenvalue weighted by atomic mass is 10.1. The lowest BCUT2D eigenvalue weighted by molar-refractivity contribution is 0.288. The SMILES string of the molecule is CCOc1cc2nc(CN)nc(Nc3cccc(-c4csc(C)n4)c3)c2cc1OCC. The van der Waals surface area contributed by atoms with Crippen LogP contribution in [0.2, 0.25) is 0 Å².